The summed E-state index contributed by atoms with van der Waals surface area (Å²) in [5, 5.41) is 15.0. The van der Waals surface area contributed by atoms with Crippen molar-refractivity contribution in [3.8, 4) is 11.1 Å². The molecule has 9 nitrogen and oxygen atoms in total. The molecule has 2 aromatic carbocycles. The number of hydrogen-bond acceptors (Lipinski definition) is 6. The van der Waals surface area contributed by atoms with Crippen LogP contribution in [-0.4, -0.2) is 46.3 Å². The van der Waals surface area contributed by atoms with E-state index in [1.807, 2.05) is 17.8 Å². The van der Waals surface area contributed by atoms with Crippen LogP contribution in [0.4, 0.5) is 14.9 Å². The Hall–Kier alpha value is -4.31. The number of aryl methyl sites for hydroxylation is 2. The number of rotatable bonds is 10. The summed E-state index contributed by atoms with van der Waals surface area (Å²) in [5.74, 6) is -0.396. The second kappa shape index (κ2) is 12.9. The van der Waals surface area contributed by atoms with Crippen molar-refractivity contribution in [1.29, 1.82) is 0 Å². The van der Waals surface area contributed by atoms with E-state index >= 15 is 0 Å². The number of aldehydes is 1. The first-order chi connectivity index (χ1) is 20.0. The van der Waals surface area contributed by atoms with Crippen LogP contribution in [-0.2, 0) is 30.8 Å². The first-order valence-corrected chi connectivity index (χ1v) is 14.1. The standard InChI is InChI=1S/C31H35FN6O3/c1-3-28-25(29(36-23-10-12-41-13-11-23)26-18-35-38(4-2)30(26)37-28)17-34-31(40)33-16-20-8-9-27(32)24(15-20)22-7-5-6-21(14-22)19-39/h5-9,14-15,18-19,23H,3-4,10-13,16-17H2,1-2H3,(H,36,37)(H2,33,34,40). The minimum atomic E-state index is -0.396. The lowest BCUT2D eigenvalue weighted by atomic mass is 10.0. The van der Waals surface area contributed by atoms with Crippen molar-refractivity contribution in [1.82, 2.24) is 25.4 Å². The van der Waals surface area contributed by atoms with Gasteiger partial charge in [-0.05, 0) is 55.5 Å². The maximum atomic E-state index is 14.6. The fraction of sp³-hybridized carbons (Fsp3) is 0.355. The highest BCUT2D eigenvalue weighted by Gasteiger charge is 2.22. The number of aromatic nitrogens is 3. The SMILES string of the molecule is CCc1nc2c(cnn2CC)c(NC2CCOCC2)c1CNC(=O)NCc1ccc(F)c(-c2cccc(C=O)c2)c1. The summed E-state index contributed by atoms with van der Waals surface area (Å²) in [6.07, 6.45) is 5.08. The second-order valence-corrected chi connectivity index (χ2v) is 10.1. The van der Waals surface area contributed by atoms with Gasteiger partial charge in [0.25, 0.3) is 0 Å². The van der Waals surface area contributed by atoms with Crippen LogP contribution in [0.2, 0.25) is 0 Å². The average Bonchev–Trinajstić information content (AvgIpc) is 3.43. The van der Waals surface area contributed by atoms with Gasteiger partial charge in [0.15, 0.2) is 5.65 Å². The van der Waals surface area contributed by atoms with Crippen LogP contribution < -0.4 is 16.0 Å². The Bertz CT molecular complexity index is 1550. The van der Waals surface area contributed by atoms with Crippen LogP contribution in [0.25, 0.3) is 22.2 Å². The van der Waals surface area contributed by atoms with Gasteiger partial charge in [0.1, 0.15) is 12.1 Å². The fourth-order valence-electron chi connectivity index (χ4n) is 5.20. The summed E-state index contributed by atoms with van der Waals surface area (Å²) < 4.78 is 22.0. The molecule has 0 atom stereocenters. The van der Waals surface area contributed by atoms with Gasteiger partial charge in [-0.3, -0.25) is 4.79 Å². The number of halogens is 1. The van der Waals surface area contributed by atoms with Gasteiger partial charge in [0.2, 0.25) is 0 Å². The summed E-state index contributed by atoms with van der Waals surface area (Å²) in [6.45, 7) is 6.73. The molecule has 0 aliphatic carbocycles. The molecule has 0 unspecified atom stereocenters. The number of ether oxygens (including phenoxy) is 1. The van der Waals surface area contributed by atoms with E-state index in [0.29, 0.717) is 42.9 Å². The molecule has 1 saturated heterocycles. The molecule has 2 amide bonds. The highest BCUT2D eigenvalue weighted by molar-refractivity contribution is 5.92. The molecular weight excluding hydrogens is 523 g/mol. The molecular formula is C31H35FN6O3. The number of anilines is 1. The summed E-state index contributed by atoms with van der Waals surface area (Å²) in [4.78, 5) is 29.0. The highest BCUT2D eigenvalue weighted by atomic mass is 19.1. The molecule has 1 aliphatic heterocycles. The zero-order chi connectivity index (χ0) is 28.8. The zero-order valence-electron chi connectivity index (χ0n) is 23.4. The lowest BCUT2D eigenvalue weighted by Gasteiger charge is -2.26. The Morgan fingerprint density at radius 2 is 1.93 bits per heavy atom. The molecule has 1 aliphatic rings. The van der Waals surface area contributed by atoms with Gasteiger partial charge >= 0.3 is 6.03 Å². The molecule has 10 heteroatoms. The molecule has 0 bridgehead atoms. The van der Waals surface area contributed by atoms with Crippen molar-refractivity contribution in [2.75, 3.05) is 18.5 Å². The maximum absolute atomic E-state index is 14.6. The summed E-state index contributed by atoms with van der Waals surface area (Å²) in [7, 11) is 0. The molecule has 3 N–H and O–H groups in total. The monoisotopic (exact) mass is 558 g/mol. The molecule has 0 saturated carbocycles. The minimum Gasteiger partial charge on any atom is -0.381 e. The topological polar surface area (TPSA) is 110 Å². The lowest BCUT2D eigenvalue weighted by molar-refractivity contribution is 0.0904. The number of benzene rings is 2. The summed E-state index contributed by atoms with van der Waals surface area (Å²) in [5.41, 5.74) is 5.81. The number of nitrogens with zero attached hydrogens (tertiary/aromatic N) is 3. The van der Waals surface area contributed by atoms with Gasteiger partial charge < -0.3 is 20.7 Å². The predicted molar refractivity (Wildman–Crippen MR) is 156 cm³/mol. The smallest absolute Gasteiger partial charge is 0.315 e. The fourth-order valence-corrected chi connectivity index (χ4v) is 5.20. The number of carbonyl (C=O) groups excluding carboxylic acids is 2. The normalized spacial score (nSPS) is 13.7. The molecule has 1 fully saturated rings. The first kappa shape index (κ1) is 28.2. The average molecular weight is 559 g/mol. The van der Waals surface area contributed by atoms with E-state index < -0.39 is 5.82 Å². The van der Waals surface area contributed by atoms with E-state index in [2.05, 4.69) is 28.0 Å². The van der Waals surface area contributed by atoms with Crippen molar-refractivity contribution >= 4 is 29.0 Å². The maximum Gasteiger partial charge on any atom is 0.315 e. The number of nitrogens with one attached hydrogen (secondary N) is 3. The van der Waals surface area contributed by atoms with Crippen molar-refractivity contribution in [3.63, 3.8) is 0 Å². The van der Waals surface area contributed by atoms with Gasteiger partial charge in [0, 0.05) is 61.3 Å². The molecule has 3 heterocycles. The van der Waals surface area contributed by atoms with E-state index in [0.717, 1.165) is 52.7 Å². The third-order valence-electron chi connectivity index (χ3n) is 7.42. The van der Waals surface area contributed by atoms with Crippen LogP contribution in [0.5, 0.6) is 0 Å². The molecule has 41 heavy (non-hydrogen) atoms. The van der Waals surface area contributed by atoms with Crippen LogP contribution in [0.15, 0.2) is 48.7 Å². The largest absolute Gasteiger partial charge is 0.381 e. The Morgan fingerprint density at radius 3 is 2.68 bits per heavy atom. The Morgan fingerprint density at radius 1 is 1.12 bits per heavy atom. The number of amides is 2. The highest BCUT2D eigenvalue weighted by Crippen LogP contribution is 2.31. The van der Waals surface area contributed by atoms with E-state index in [1.165, 1.54) is 6.07 Å². The van der Waals surface area contributed by atoms with E-state index in [1.54, 1.807) is 36.4 Å². The molecule has 0 spiro atoms. The minimum absolute atomic E-state index is 0.209. The molecule has 5 rings (SSSR count). The Balaban J connectivity index is 1.32. The second-order valence-electron chi connectivity index (χ2n) is 10.1. The van der Waals surface area contributed by atoms with Crippen molar-refractivity contribution in [2.45, 2.75) is 58.8 Å². The molecule has 214 valence electrons. The van der Waals surface area contributed by atoms with Gasteiger partial charge in [-0.1, -0.05) is 31.2 Å². The van der Waals surface area contributed by atoms with E-state index in [9.17, 15) is 14.0 Å². The van der Waals surface area contributed by atoms with Gasteiger partial charge in [0.05, 0.1) is 17.3 Å². The van der Waals surface area contributed by atoms with E-state index in [-0.39, 0.29) is 25.2 Å². The summed E-state index contributed by atoms with van der Waals surface area (Å²) in [6, 6.07) is 11.4. The number of carbonyl (C=O) groups is 2. The molecule has 2 aromatic heterocycles. The number of fused-ring (bicyclic) bond motifs is 1. The van der Waals surface area contributed by atoms with Crippen molar-refractivity contribution < 1.29 is 18.7 Å². The first-order valence-electron chi connectivity index (χ1n) is 14.1. The third-order valence-corrected chi connectivity index (χ3v) is 7.42. The molecule has 0 radical (unpaired) electrons. The predicted octanol–water partition coefficient (Wildman–Crippen LogP) is 5.22. The quantitative estimate of drug-likeness (QED) is 0.230. The van der Waals surface area contributed by atoms with Crippen molar-refractivity contribution in [2.24, 2.45) is 0 Å². The lowest BCUT2D eigenvalue weighted by Crippen LogP contribution is -2.35. The van der Waals surface area contributed by atoms with Crippen molar-refractivity contribution in [3.05, 3.63) is 76.9 Å². The number of pyridine rings is 1. The van der Waals surface area contributed by atoms with Crippen LogP contribution >= 0.6 is 0 Å². The van der Waals surface area contributed by atoms with Crippen LogP contribution in [0.1, 0.15) is 53.9 Å². The number of urea groups is 1. The van der Waals surface area contributed by atoms with Crippen LogP contribution in [0.3, 0.4) is 0 Å². The summed E-state index contributed by atoms with van der Waals surface area (Å²) >= 11 is 0. The zero-order valence-corrected chi connectivity index (χ0v) is 23.4. The Kier molecular flexibility index (Phi) is 8.88. The van der Waals surface area contributed by atoms with Gasteiger partial charge in [-0.2, -0.15) is 5.10 Å². The van der Waals surface area contributed by atoms with Crippen LogP contribution in [0, 0.1) is 5.82 Å². The van der Waals surface area contributed by atoms with Gasteiger partial charge in [-0.25, -0.2) is 18.9 Å². The Labute approximate surface area is 238 Å². The van der Waals surface area contributed by atoms with Gasteiger partial charge in [-0.15, -0.1) is 0 Å². The number of hydrogen-bond donors (Lipinski definition) is 3. The molecule has 4 aromatic rings. The van der Waals surface area contributed by atoms with E-state index in [4.69, 9.17) is 9.72 Å². The third kappa shape index (κ3) is 6.38.